The molecule has 75 heavy (non-hydrogen) atoms. The van der Waals surface area contributed by atoms with Gasteiger partial charge in [-0.25, -0.2) is 4.57 Å². The summed E-state index contributed by atoms with van der Waals surface area (Å²) in [5.41, 5.74) is 0. The molecule has 442 valence electrons. The molecule has 0 fully saturated rings. The first kappa shape index (κ1) is 73.2. The molecule has 0 aromatic rings. The van der Waals surface area contributed by atoms with Gasteiger partial charge in [-0.15, -0.1) is 0 Å². The second-order valence-electron chi connectivity index (χ2n) is 23.3. The van der Waals surface area contributed by atoms with E-state index in [-0.39, 0.29) is 25.1 Å². The molecule has 1 amide bonds. The van der Waals surface area contributed by atoms with Crippen LogP contribution in [0, 0.1) is 0 Å². The molecule has 0 saturated heterocycles. The number of unbranched alkanes of at least 4 members (excludes halogenated alkanes) is 39. The molecule has 0 bridgehead atoms. The van der Waals surface area contributed by atoms with Crippen LogP contribution in [0.3, 0.4) is 0 Å². The second kappa shape index (κ2) is 55.5. The lowest BCUT2D eigenvalue weighted by molar-refractivity contribution is -0.870. The molecular formula is C65H126N2O7P+. The number of carbonyl (C=O) groups excluding carboxylic acids is 2. The Morgan fingerprint density at radius 2 is 0.813 bits per heavy atom. The minimum atomic E-state index is -4.45. The highest BCUT2D eigenvalue weighted by molar-refractivity contribution is 7.47. The Kier molecular flexibility index (Phi) is 54.2. The molecule has 0 aliphatic heterocycles. The van der Waals surface area contributed by atoms with E-state index < -0.39 is 20.0 Å². The summed E-state index contributed by atoms with van der Waals surface area (Å²) in [6.45, 7) is 7.02. The van der Waals surface area contributed by atoms with Crippen LogP contribution in [0.15, 0.2) is 36.5 Å². The number of rotatable bonds is 59. The predicted molar refractivity (Wildman–Crippen MR) is 323 cm³/mol. The average Bonchev–Trinajstić information content (AvgIpc) is 3.37. The van der Waals surface area contributed by atoms with Gasteiger partial charge in [0.2, 0.25) is 5.91 Å². The van der Waals surface area contributed by atoms with Gasteiger partial charge in [-0.3, -0.25) is 18.6 Å². The summed E-state index contributed by atoms with van der Waals surface area (Å²) in [6.07, 6.45) is 67.1. The molecule has 0 aromatic heterocycles. The van der Waals surface area contributed by atoms with Crippen LogP contribution in [0.4, 0.5) is 0 Å². The van der Waals surface area contributed by atoms with Crippen molar-refractivity contribution in [3.63, 3.8) is 0 Å². The van der Waals surface area contributed by atoms with Gasteiger partial charge >= 0.3 is 13.8 Å². The molecule has 9 nitrogen and oxygen atoms in total. The highest BCUT2D eigenvalue weighted by atomic mass is 31.2. The smallest absolute Gasteiger partial charge is 0.456 e. The SMILES string of the molecule is CCCCC/C=C\C/C=C\CCCCCCCCCCCC(=O)NC(COP(=O)(O)OCC[N+](C)(C)C)C(/C=C/CCCCCCCCCCC)OC(=O)CCCCCCCCCCCCCCCCCCCCC. The standard InChI is InChI=1S/C65H125N2O7P/c1-7-10-13-16-19-22-25-27-29-31-33-35-37-39-42-45-48-51-54-57-64(68)66-62(61-73-75(70,71)72-60-59-67(4,5)6)63(56-53-50-47-44-41-24-21-18-15-12-9-3)74-65(69)58-55-52-49-46-43-40-38-36-34-32-30-28-26-23-20-17-14-11-8-2/h19,22,27,29,53,56,62-63H,7-18,20-21,23-26,28,30-52,54-55,57-61H2,1-6H3,(H-,66,68,70,71)/p+1/b22-19-,29-27-,56-53+. The number of nitrogens with zero attached hydrogens (tertiary/aromatic N) is 1. The molecule has 0 aromatic carbocycles. The topological polar surface area (TPSA) is 111 Å². The van der Waals surface area contributed by atoms with Crippen molar-refractivity contribution in [3.8, 4) is 0 Å². The average molecular weight is 1080 g/mol. The van der Waals surface area contributed by atoms with Gasteiger partial charge in [-0.2, -0.15) is 0 Å². The van der Waals surface area contributed by atoms with Crippen molar-refractivity contribution >= 4 is 19.7 Å². The van der Waals surface area contributed by atoms with E-state index in [1.807, 2.05) is 33.3 Å². The summed E-state index contributed by atoms with van der Waals surface area (Å²) >= 11 is 0. The van der Waals surface area contributed by atoms with Crippen LogP contribution in [0.2, 0.25) is 0 Å². The number of hydrogen-bond acceptors (Lipinski definition) is 6. The first-order valence-electron chi connectivity index (χ1n) is 32.3. The van der Waals surface area contributed by atoms with Gasteiger partial charge in [0, 0.05) is 12.8 Å². The van der Waals surface area contributed by atoms with Crippen molar-refractivity contribution in [2.24, 2.45) is 0 Å². The van der Waals surface area contributed by atoms with E-state index in [0.29, 0.717) is 23.9 Å². The number of likely N-dealkylation sites (N-methyl/N-ethyl adjacent to an activating group) is 1. The van der Waals surface area contributed by atoms with Gasteiger partial charge in [0.25, 0.3) is 0 Å². The monoisotopic (exact) mass is 1080 g/mol. The fraction of sp³-hybridized carbons (Fsp3) is 0.877. The first-order chi connectivity index (χ1) is 36.4. The van der Waals surface area contributed by atoms with Crippen molar-refractivity contribution in [2.75, 3.05) is 40.9 Å². The zero-order chi connectivity index (χ0) is 55.0. The Labute approximate surface area is 466 Å². The maximum absolute atomic E-state index is 13.5. The first-order valence-corrected chi connectivity index (χ1v) is 33.8. The van der Waals surface area contributed by atoms with E-state index in [2.05, 4.69) is 50.4 Å². The quantitative estimate of drug-likeness (QED) is 0.0205. The number of carbonyl (C=O) groups is 2. The molecule has 0 aliphatic carbocycles. The number of phosphoric ester groups is 1. The highest BCUT2D eigenvalue weighted by Crippen LogP contribution is 2.43. The van der Waals surface area contributed by atoms with Gasteiger partial charge in [0.15, 0.2) is 0 Å². The van der Waals surface area contributed by atoms with Gasteiger partial charge in [-0.05, 0) is 63.9 Å². The van der Waals surface area contributed by atoms with E-state index in [1.165, 1.54) is 218 Å². The summed E-state index contributed by atoms with van der Waals surface area (Å²) in [7, 11) is 1.51. The Morgan fingerprint density at radius 1 is 0.467 bits per heavy atom. The minimum absolute atomic E-state index is 0.0416. The number of allylic oxidation sites excluding steroid dienone is 5. The van der Waals surface area contributed by atoms with E-state index >= 15 is 0 Å². The van der Waals surface area contributed by atoms with E-state index in [0.717, 1.165) is 64.2 Å². The summed E-state index contributed by atoms with van der Waals surface area (Å²) < 4.78 is 30.7. The third-order valence-corrected chi connectivity index (χ3v) is 15.6. The predicted octanol–water partition coefficient (Wildman–Crippen LogP) is 19.9. The summed E-state index contributed by atoms with van der Waals surface area (Å²) in [4.78, 5) is 37.7. The number of hydrogen-bond donors (Lipinski definition) is 2. The van der Waals surface area contributed by atoms with Crippen LogP contribution in [0.5, 0.6) is 0 Å². The van der Waals surface area contributed by atoms with Crippen LogP contribution in [0.25, 0.3) is 0 Å². The maximum atomic E-state index is 13.5. The summed E-state index contributed by atoms with van der Waals surface area (Å²) in [6, 6.07) is -0.846. The molecular weight excluding hydrogens is 952 g/mol. The highest BCUT2D eigenvalue weighted by Gasteiger charge is 2.30. The number of nitrogens with one attached hydrogen (secondary N) is 1. The molecule has 3 atom stereocenters. The second-order valence-corrected chi connectivity index (χ2v) is 24.7. The third kappa shape index (κ3) is 56.8. The molecule has 0 radical (unpaired) electrons. The lowest BCUT2D eigenvalue weighted by atomic mass is 10.0. The molecule has 0 heterocycles. The van der Waals surface area contributed by atoms with E-state index in [4.69, 9.17) is 13.8 Å². The van der Waals surface area contributed by atoms with Crippen LogP contribution in [-0.4, -0.2) is 74.3 Å². The lowest BCUT2D eigenvalue weighted by Gasteiger charge is -2.27. The van der Waals surface area contributed by atoms with E-state index in [9.17, 15) is 19.0 Å². The van der Waals surface area contributed by atoms with Crippen molar-refractivity contribution in [1.29, 1.82) is 0 Å². The van der Waals surface area contributed by atoms with Gasteiger partial charge in [0.05, 0.1) is 33.8 Å². The number of quaternary nitrogens is 1. The molecule has 2 N–H and O–H groups in total. The van der Waals surface area contributed by atoms with Crippen molar-refractivity contribution in [2.45, 2.75) is 328 Å². The van der Waals surface area contributed by atoms with Crippen molar-refractivity contribution in [3.05, 3.63) is 36.5 Å². The van der Waals surface area contributed by atoms with Crippen LogP contribution in [0.1, 0.15) is 316 Å². The van der Waals surface area contributed by atoms with Gasteiger partial charge in [0.1, 0.15) is 19.3 Å². The van der Waals surface area contributed by atoms with E-state index in [1.54, 1.807) is 0 Å². The normalized spacial score (nSPS) is 13.9. The van der Waals surface area contributed by atoms with Crippen LogP contribution in [-0.2, 0) is 27.9 Å². The Balaban J connectivity index is 5.15. The number of ether oxygens (including phenoxy) is 1. The zero-order valence-corrected chi connectivity index (χ0v) is 51.5. The van der Waals surface area contributed by atoms with Crippen molar-refractivity contribution < 1.29 is 37.3 Å². The Hall–Kier alpha value is -1.77. The molecule has 3 unspecified atom stereocenters. The Morgan fingerprint density at radius 3 is 1.23 bits per heavy atom. The number of phosphoric acid groups is 1. The maximum Gasteiger partial charge on any atom is 0.472 e. The Bertz CT molecular complexity index is 1380. The summed E-state index contributed by atoms with van der Waals surface area (Å²) in [5, 5.41) is 3.06. The number of esters is 1. The van der Waals surface area contributed by atoms with Crippen LogP contribution >= 0.6 is 7.82 Å². The van der Waals surface area contributed by atoms with Gasteiger partial charge in [-0.1, -0.05) is 276 Å². The third-order valence-electron chi connectivity index (χ3n) is 14.6. The van der Waals surface area contributed by atoms with Crippen molar-refractivity contribution in [1.82, 2.24) is 5.32 Å². The largest absolute Gasteiger partial charge is 0.472 e. The zero-order valence-electron chi connectivity index (χ0n) is 50.6. The van der Waals surface area contributed by atoms with Crippen LogP contribution < -0.4 is 5.32 Å². The molecule has 0 aliphatic rings. The van der Waals surface area contributed by atoms with Gasteiger partial charge < -0.3 is 19.4 Å². The molecule has 10 heteroatoms. The lowest BCUT2D eigenvalue weighted by Crippen LogP contribution is -2.47. The molecule has 0 saturated carbocycles. The molecule has 0 rings (SSSR count). The minimum Gasteiger partial charge on any atom is -0.456 e. The number of amides is 1. The molecule has 0 spiro atoms. The fourth-order valence-electron chi connectivity index (χ4n) is 9.56. The summed E-state index contributed by atoms with van der Waals surface area (Å²) in [5.74, 6) is -0.495. The fourth-order valence-corrected chi connectivity index (χ4v) is 10.3.